The number of ketones is 1. The van der Waals surface area contributed by atoms with Crippen LogP contribution in [0.3, 0.4) is 0 Å². The van der Waals surface area contributed by atoms with Crippen molar-refractivity contribution < 1.29 is 9.59 Å². The van der Waals surface area contributed by atoms with Crippen LogP contribution >= 0.6 is 0 Å². The number of hydrogen-bond acceptors (Lipinski definition) is 2. The highest BCUT2D eigenvalue weighted by molar-refractivity contribution is 5.86. The van der Waals surface area contributed by atoms with E-state index in [9.17, 15) is 9.59 Å². The summed E-state index contributed by atoms with van der Waals surface area (Å²) in [5.74, 6) is 4.26. The maximum Gasteiger partial charge on any atom is 0.226 e. The number of likely N-dealkylation sites (tertiary alicyclic amines) is 1. The van der Waals surface area contributed by atoms with Crippen LogP contribution in [0, 0.1) is 29.6 Å². The third kappa shape index (κ3) is 1.34. The van der Waals surface area contributed by atoms with Gasteiger partial charge in [0.2, 0.25) is 5.91 Å². The topological polar surface area (TPSA) is 37.4 Å². The Balaban J connectivity index is 1.44. The molecule has 4 aliphatic rings. The van der Waals surface area contributed by atoms with Gasteiger partial charge in [0.15, 0.2) is 0 Å². The van der Waals surface area contributed by atoms with Crippen LogP contribution in [-0.4, -0.2) is 29.7 Å². The molecule has 4 atom stereocenters. The van der Waals surface area contributed by atoms with Crippen molar-refractivity contribution in [2.24, 2.45) is 29.6 Å². The van der Waals surface area contributed by atoms with E-state index in [0.717, 1.165) is 23.7 Å². The molecule has 4 rings (SSSR count). The molecular formula is C14H19NO2. The van der Waals surface area contributed by atoms with Gasteiger partial charge in [0.25, 0.3) is 0 Å². The Morgan fingerprint density at radius 1 is 1.06 bits per heavy atom. The maximum absolute atomic E-state index is 12.4. The second-order valence-corrected chi connectivity index (χ2v) is 6.38. The smallest absolute Gasteiger partial charge is 0.226 e. The summed E-state index contributed by atoms with van der Waals surface area (Å²) in [6.07, 6.45) is 5.31. The molecule has 92 valence electrons. The van der Waals surface area contributed by atoms with E-state index in [1.54, 1.807) is 0 Å². The van der Waals surface area contributed by atoms with Crippen LogP contribution in [0.4, 0.5) is 0 Å². The molecule has 3 aliphatic carbocycles. The molecule has 2 bridgehead atoms. The molecule has 3 saturated carbocycles. The molecule has 0 spiro atoms. The molecule has 0 N–H and O–H groups in total. The zero-order valence-electron chi connectivity index (χ0n) is 10.1. The van der Waals surface area contributed by atoms with Gasteiger partial charge < -0.3 is 4.90 Å². The predicted octanol–water partition coefficient (Wildman–Crippen LogP) is 1.47. The van der Waals surface area contributed by atoms with E-state index in [0.29, 0.717) is 43.5 Å². The van der Waals surface area contributed by atoms with Gasteiger partial charge in [-0.15, -0.1) is 0 Å². The summed E-state index contributed by atoms with van der Waals surface area (Å²) in [6, 6.07) is 0. The molecule has 4 fully saturated rings. The third-order valence-electron chi connectivity index (χ3n) is 5.65. The molecular weight excluding hydrogens is 214 g/mol. The first-order valence-electron chi connectivity index (χ1n) is 7.06. The number of piperidine rings is 1. The first kappa shape index (κ1) is 10.1. The van der Waals surface area contributed by atoms with Gasteiger partial charge in [-0.2, -0.15) is 0 Å². The van der Waals surface area contributed by atoms with Gasteiger partial charge >= 0.3 is 0 Å². The standard InChI is InChI=1S/C14H19NO2/c16-10-3-5-15(6-4-10)14(17)13-11-8-1-2-9(7-8)12(11)13/h8-9,11-13H,1-7H2. The monoisotopic (exact) mass is 233 g/mol. The van der Waals surface area contributed by atoms with Crippen LogP contribution in [0.2, 0.25) is 0 Å². The molecule has 1 aliphatic heterocycles. The van der Waals surface area contributed by atoms with E-state index < -0.39 is 0 Å². The fraction of sp³-hybridized carbons (Fsp3) is 0.857. The van der Waals surface area contributed by atoms with Crippen LogP contribution in [0.5, 0.6) is 0 Å². The quantitative estimate of drug-likeness (QED) is 0.688. The lowest BCUT2D eigenvalue weighted by molar-refractivity contribution is -0.136. The fourth-order valence-corrected chi connectivity index (χ4v) is 4.84. The van der Waals surface area contributed by atoms with E-state index in [1.165, 1.54) is 19.3 Å². The molecule has 1 saturated heterocycles. The highest BCUT2D eigenvalue weighted by Gasteiger charge is 2.67. The SMILES string of the molecule is O=C1CCN(C(=O)C2C3C4CCC(C4)C23)CC1. The van der Waals surface area contributed by atoms with Crippen molar-refractivity contribution in [3.8, 4) is 0 Å². The van der Waals surface area contributed by atoms with Crippen LogP contribution in [-0.2, 0) is 9.59 Å². The number of hydrogen-bond donors (Lipinski definition) is 0. The van der Waals surface area contributed by atoms with E-state index in [4.69, 9.17) is 0 Å². The Bertz CT molecular complexity index is 366. The third-order valence-corrected chi connectivity index (χ3v) is 5.65. The minimum atomic E-state index is 0.324. The molecule has 17 heavy (non-hydrogen) atoms. The summed E-state index contributed by atoms with van der Waals surface area (Å²) in [4.78, 5) is 25.6. The number of carbonyl (C=O) groups is 2. The molecule has 0 aromatic heterocycles. The second-order valence-electron chi connectivity index (χ2n) is 6.38. The van der Waals surface area contributed by atoms with Crippen molar-refractivity contribution in [2.75, 3.05) is 13.1 Å². The van der Waals surface area contributed by atoms with Crippen molar-refractivity contribution >= 4 is 11.7 Å². The lowest BCUT2D eigenvalue weighted by Gasteiger charge is -2.27. The van der Waals surface area contributed by atoms with E-state index in [-0.39, 0.29) is 0 Å². The summed E-state index contributed by atoms with van der Waals surface area (Å²) in [5.41, 5.74) is 0. The molecule has 4 unspecified atom stereocenters. The average molecular weight is 233 g/mol. The Kier molecular flexibility index (Phi) is 1.98. The normalized spacial score (nSPS) is 47.2. The Morgan fingerprint density at radius 2 is 1.65 bits per heavy atom. The second kappa shape index (κ2) is 3.33. The van der Waals surface area contributed by atoms with E-state index in [1.807, 2.05) is 4.90 Å². The Hall–Kier alpha value is -0.860. The number of amides is 1. The van der Waals surface area contributed by atoms with Crippen LogP contribution in [0.15, 0.2) is 0 Å². The van der Waals surface area contributed by atoms with Gasteiger partial charge in [-0.1, -0.05) is 0 Å². The lowest BCUT2D eigenvalue weighted by Crippen LogP contribution is -2.40. The minimum absolute atomic E-state index is 0.324. The van der Waals surface area contributed by atoms with Crippen LogP contribution < -0.4 is 0 Å². The molecule has 0 aromatic rings. The predicted molar refractivity (Wildman–Crippen MR) is 62.1 cm³/mol. The number of nitrogens with zero attached hydrogens (tertiary/aromatic N) is 1. The van der Waals surface area contributed by atoms with Crippen molar-refractivity contribution in [2.45, 2.75) is 32.1 Å². The van der Waals surface area contributed by atoms with Gasteiger partial charge in [0, 0.05) is 31.8 Å². The van der Waals surface area contributed by atoms with Crippen molar-refractivity contribution in [3.63, 3.8) is 0 Å². The average Bonchev–Trinajstić information content (AvgIpc) is 2.77. The zero-order chi connectivity index (χ0) is 11.6. The van der Waals surface area contributed by atoms with Crippen molar-refractivity contribution in [3.05, 3.63) is 0 Å². The number of Topliss-reactive ketones (excluding diaryl/α,β-unsaturated/α-hetero) is 1. The molecule has 1 amide bonds. The largest absolute Gasteiger partial charge is 0.342 e. The summed E-state index contributed by atoms with van der Waals surface area (Å²) in [5, 5.41) is 0. The van der Waals surface area contributed by atoms with Crippen LogP contribution in [0.1, 0.15) is 32.1 Å². The van der Waals surface area contributed by atoms with E-state index in [2.05, 4.69) is 0 Å². The van der Waals surface area contributed by atoms with Gasteiger partial charge in [0.05, 0.1) is 0 Å². The summed E-state index contributed by atoms with van der Waals surface area (Å²) in [6.45, 7) is 1.37. The molecule has 3 nitrogen and oxygen atoms in total. The first-order valence-corrected chi connectivity index (χ1v) is 7.06. The number of rotatable bonds is 1. The van der Waals surface area contributed by atoms with Gasteiger partial charge in [-0.3, -0.25) is 9.59 Å². The van der Waals surface area contributed by atoms with Gasteiger partial charge in [0.1, 0.15) is 5.78 Å². The summed E-state index contributed by atoms with van der Waals surface area (Å²) < 4.78 is 0. The lowest BCUT2D eigenvalue weighted by atomic mass is 10.0. The van der Waals surface area contributed by atoms with Crippen molar-refractivity contribution in [1.29, 1.82) is 0 Å². The molecule has 0 aromatic carbocycles. The number of fused-ring (bicyclic) bond motifs is 5. The van der Waals surface area contributed by atoms with Gasteiger partial charge in [-0.05, 0) is 42.9 Å². The maximum atomic E-state index is 12.4. The highest BCUT2D eigenvalue weighted by Crippen LogP contribution is 2.69. The first-order chi connectivity index (χ1) is 8.25. The summed E-state index contributed by atoms with van der Waals surface area (Å²) in [7, 11) is 0. The fourth-order valence-electron chi connectivity index (χ4n) is 4.84. The summed E-state index contributed by atoms with van der Waals surface area (Å²) >= 11 is 0. The minimum Gasteiger partial charge on any atom is -0.342 e. The molecule has 0 radical (unpaired) electrons. The Morgan fingerprint density at radius 3 is 2.24 bits per heavy atom. The highest BCUT2D eigenvalue weighted by atomic mass is 16.2. The number of carbonyl (C=O) groups excluding carboxylic acids is 2. The van der Waals surface area contributed by atoms with E-state index >= 15 is 0 Å². The van der Waals surface area contributed by atoms with Crippen LogP contribution in [0.25, 0.3) is 0 Å². The van der Waals surface area contributed by atoms with Crippen molar-refractivity contribution in [1.82, 2.24) is 4.90 Å². The zero-order valence-corrected chi connectivity index (χ0v) is 10.1. The molecule has 3 heteroatoms. The Labute approximate surface area is 102 Å². The van der Waals surface area contributed by atoms with Gasteiger partial charge in [-0.25, -0.2) is 0 Å². The molecule has 1 heterocycles.